The van der Waals surface area contributed by atoms with Gasteiger partial charge in [0.1, 0.15) is 6.04 Å². The van der Waals surface area contributed by atoms with Gasteiger partial charge in [0.2, 0.25) is 5.91 Å². The Balaban J connectivity index is 1.46. The van der Waals surface area contributed by atoms with Gasteiger partial charge in [-0.3, -0.25) is 9.59 Å². The molecule has 1 aliphatic rings. The SMILES string of the molecule is COc1ccc(CCNC(=O)C2Cc3ccccc3CN2C(=O)c2ccco2)cc1OC. The molecule has 1 aliphatic heterocycles. The fourth-order valence-corrected chi connectivity index (χ4v) is 4.00. The van der Waals surface area contributed by atoms with Gasteiger partial charge < -0.3 is 24.1 Å². The van der Waals surface area contributed by atoms with E-state index in [0.29, 0.717) is 37.4 Å². The van der Waals surface area contributed by atoms with Crippen molar-refractivity contribution in [1.29, 1.82) is 0 Å². The Kier molecular flexibility index (Phi) is 6.44. The van der Waals surface area contributed by atoms with E-state index in [1.807, 2.05) is 42.5 Å². The summed E-state index contributed by atoms with van der Waals surface area (Å²) in [7, 11) is 3.19. The molecule has 3 aromatic rings. The average Bonchev–Trinajstić information content (AvgIpc) is 3.37. The van der Waals surface area contributed by atoms with Crippen LogP contribution >= 0.6 is 0 Å². The smallest absolute Gasteiger partial charge is 0.290 e. The van der Waals surface area contributed by atoms with Gasteiger partial charge in [0.15, 0.2) is 17.3 Å². The highest BCUT2D eigenvalue weighted by Gasteiger charge is 2.35. The molecule has 2 heterocycles. The van der Waals surface area contributed by atoms with Gasteiger partial charge in [0.25, 0.3) is 5.91 Å². The van der Waals surface area contributed by atoms with Crippen molar-refractivity contribution in [1.82, 2.24) is 10.2 Å². The first kappa shape index (κ1) is 21.5. The summed E-state index contributed by atoms with van der Waals surface area (Å²) in [6.07, 6.45) is 2.55. The molecule has 1 atom stereocenters. The molecule has 7 nitrogen and oxygen atoms in total. The molecule has 0 aliphatic carbocycles. The van der Waals surface area contributed by atoms with Gasteiger partial charge in [-0.2, -0.15) is 0 Å². The third-order valence-corrected chi connectivity index (χ3v) is 5.70. The van der Waals surface area contributed by atoms with Gasteiger partial charge in [0, 0.05) is 19.5 Å². The summed E-state index contributed by atoms with van der Waals surface area (Å²) < 4.78 is 15.9. The summed E-state index contributed by atoms with van der Waals surface area (Å²) in [5, 5.41) is 2.99. The van der Waals surface area contributed by atoms with E-state index in [-0.39, 0.29) is 17.6 Å². The first-order valence-electron chi connectivity index (χ1n) is 10.5. The Labute approximate surface area is 186 Å². The summed E-state index contributed by atoms with van der Waals surface area (Å²) in [5.41, 5.74) is 3.14. The van der Waals surface area contributed by atoms with Crippen LogP contribution in [0.3, 0.4) is 0 Å². The van der Waals surface area contributed by atoms with Gasteiger partial charge in [-0.15, -0.1) is 0 Å². The van der Waals surface area contributed by atoms with E-state index in [2.05, 4.69) is 5.32 Å². The molecule has 0 radical (unpaired) electrons. The fourth-order valence-electron chi connectivity index (χ4n) is 4.00. The van der Waals surface area contributed by atoms with Crippen LogP contribution < -0.4 is 14.8 Å². The van der Waals surface area contributed by atoms with Crippen molar-refractivity contribution in [2.75, 3.05) is 20.8 Å². The summed E-state index contributed by atoms with van der Waals surface area (Å²) in [4.78, 5) is 27.8. The van der Waals surface area contributed by atoms with Gasteiger partial charge >= 0.3 is 0 Å². The van der Waals surface area contributed by atoms with E-state index in [1.165, 1.54) is 6.26 Å². The maximum absolute atomic E-state index is 13.1. The highest BCUT2D eigenvalue weighted by atomic mass is 16.5. The Morgan fingerprint density at radius 2 is 1.81 bits per heavy atom. The topological polar surface area (TPSA) is 81.0 Å². The number of fused-ring (bicyclic) bond motifs is 1. The number of rotatable bonds is 7. The zero-order chi connectivity index (χ0) is 22.5. The highest BCUT2D eigenvalue weighted by molar-refractivity contribution is 5.96. The molecule has 0 bridgehead atoms. The van der Waals surface area contributed by atoms with Crippen LogP contribution in [0.15, 0.2) is 65.3 Å². The summed E-state index contributed by atoms with van der Waals surface area (Å²) in [6.45, 7) is 0.804. The molecule has 1 unspecified atom stereocenters. The van der Waals surface area contributed by atoms with E-state index >= 15 is 0 Å². The van der Waals surface area contributed by atoms with Crippen LogP contribution in [0.1, 0.15) is 27.2 Å². The molecule has 2 amide bonds. The molecule has 0 fully saturated rings. The number of nitrogens with one attached hydrogen (secondary N) is 1. The van der Waals surface area contributed by atoms with E-state index < -0.39 is 6.04 Å². The van der Waals surface area contributed by atoms with E-state index in [1.54, 1.807) is 31.3 Å². The fraction of sp³-hybridized carbons (Fsp3) is 0.280. The zero-order valence-electron chi connectivity index (χ0n) is 18.2. The van der Waals surface area contributed by atoms with Gasteiger partial charge in [-0.25, -0.2) is 0 Å². The second-order valence-electron chi connectivity index (χ2n) is 7.63. The number of ether oxygens (including phenoxy) is 2. The Hall–Kier alpha value is -3.74. The third kappa shape index (κ3) is 4.46. The molecular weight excluding hydrogens is 408 g/mol. The maximum atomic E-state index is 13.1. The van der Waals surface area contributed by atoms with E-state index in [9.17, 15) is 9.59 Å². The van der Waals surface area contributed by atoms with Gasteiger partial charge in [-0.1, -0.05) is 30.3 Å². The minimum atomic E-state index is -0.604. The largest absolute Gasteiger partial charge is 0.493 e. The molecule has 1 N–H and O–H groups in total. The standard InChI is InChI=1S/C25H26N2O5/c1-30-21-10-9-17(14-23(21)31-2)11-12-26-24(28)20-15-18-6-3-4-7-19(18)16-27(20)25(29)22-8-5-13-32-22/h3-10,13-14,20H,11-12,15-16H2,1-2H3,(H,26,28). The van der Waals surface area contributed by atoms with Crippen molar-refractivity contribution in [3.8, 4) is 11.5 Å². The number of nitrogens with zero attached hydrogens (tertiary/aromatic N) is 1. The quantitative estimate of drug-likeness (QED) is 0.618. The minimum Gasteiger partial charge on any atom is -0.493 e. The summed E-state index contributed by atoms with van der Waals surface area (Å²) >= 11 is 0. The van der Waals surface area contributed by atoms with Crippen molar-refractivity contribution in [3.05, 3.63) is 83.3 Å². The number of hydrogen-bond acceptors (Lipinski definition) is 5. The lowest BCUT2D eigenvalue weighted by molar-refractivity contribution is -0.126. The maximum Gasteiger partial charge on any atom is 0.290 e. The minimum absolute atomic E-state index is 0.181. The molecule has 0 saturated heterocycles. The lowest BCUT2D eigenvalue weighted by Crippen LogP contribution is -2.52. The number of amides is 2. The lowest BCUT2D eigenvalue weighted by Gasteiger charge is -2.35. The van der Waals surface area contributed by atoms with Crippen LogP contribution in [-0.4, -0.2) is 43.5 Å². The van der Waals surface area contributed by atoms with Crippen LogP contribution in [0.2, 0.25) is 0 Å². The van der Waals surface area contributed by atoms with Crippen molar-refractivity contribution in [2.24, 2.45) is 0 Å². The van der Waals surface area contributed by atoms with Crippen molar-refractivity contribution < 1.29 is 23.5 Å². The number of carbonyl (C=O) groups is 2. The van der Waals surface area contributed by atoms with Crippen LogP contribution in [0, 0.1) is 0 Å². The number of benzene rings is 2. The molecule has 1 aromatic heterocycles. The molecule has 2 aromatic carbocycles. The van der Waals surface area contributed by atoms with E-state index in [0.717, 1.165) is 16.7 Å². The molecule has 32 heavy (non-hydrogen) atoms. The second kappa shape index (κ2) is 9.60. The third-order valence-electron chi connectivity index (χ3n) is 5.70. The van der Waals surface area contributed by atoms with Crippen LogP contribution in [0.5, 0.6) is 11.5 Å². The number of methoxy groups -OCH3 is 2. The second-order valence-corrected chi connectivity index (χ2v) is 7.63. The van der Waals surface area contributed by atoms with Crippen LogP contribution in [0.25, 0.3) is 0 Å². The Morgan fingerprint density at radius 1 is 1.03 bits per heavy atom. The first-order chi connectivity index (χ1) is 15.6. The molecule has 4 rings (SSSR count). The predicted octanol–water partition coefficient (Wildman–Crippen LogP) is 3.22. The molecule has 0 saturated carbocycles. The normalized spacial score (nSPS) is 15.1. The number of hydrogen-bond donors (Lipinski definition) is 1. The summed E-state index contributed by atoms with van der Waals surface area (Å²) in [6, 6.07) is 16.3. The Bertz CT molecular complexity index is 1090. The van der Waals surface area contributed by atoms with Crippen molar-refractivity contribution in [3.63, 3.8) is 0 Å². The van der Waals surface area contributed by atoms with E-state index in [4.69, 9.17) is 13.9 Å². The van der Waals surface area contributed by atoms with Crippen LogP contribution in [-0.2, 0) is 24.2 Å². The van der Waals surface area contributed by atoms with Crippen LogP contribution in [0.4, 0.5) is 0 Å². The number of furan rings is 1. The van der Waals surface area contributed by atoms with Crippen molar-refractivity contribution >= 4 is 11.8 Å². The van der Waals surface area contributed by atoms with Gasteiger partial charge in [-0.05, 0) is 47.4 Å². The monoisotopic (exact) mass is 434 g/mol. The molecule has 166 valence electrons. The predicted molar refractivity (Wildman–Crippen MR) is 119 cm³/mol. The summed E-state index contributed by atoms with van der Waals surface area (Å²) in [5.74, 6) is 1.07. The highest BCUT2D eigenvalue weighted by Crippen LogP contribution is 2.28. The molecule has 0 spiro atoms. The lowest BCUT2D eigenvalue weighted by atomic mass is 9.93. The molecule has 7 heteroatoms. The Morgan fingerprint density at radius 3 is 2.53 bits per heavy atom. The van der Waals surface area contributed by atoms with Gasteiger partial charge in [0.05, 0.1) is 20.5 Å². The zero-order valence-corrected chi connectivity index (χ0v) is 18.2. The first-order valence-corrected chi connectivity index (χ1v) is 10.5. The van der Waals surface area contributed by atoms with Crippen molar-refractivity contribution in [2.45, 2.75) is 25.4 Å². The number of carbonyl (C=O) groups excluding carboxylic acids is 2. The average molecular weight is 434 g/mol. The molecular formula is C25H26N2O5.